The van der Waals surface area contributed by atoms with E-state index in [9.17, 15) is 0 Å². The fourth-order valence-corrected chi connectivity index (χ4v) is 8.30. The molecule has 2 aromatic carbocycles. The Hall–Kier alpha value is -1.42. The van der Waals surface area contributed by atoms with Crippen LogP contribution in [0, 0.1) is 5.92 Å². The predicted molar refractivity (Wildman–Crippen MR) is 105 cm³/mol. The zero-order chi connectivity index (χ0) is 17.2. The lowest BCUT2D eigenvalue weighted by molar-refractivity contribution is 0.154. The molecule has 0 bridgehead atoms. The van der Waals surface area contributed by atoms with Gasteiger partial charge in [-0.3, -0.25) is 0 Å². The molecule has 24 heavy (non-hydrogen) atoms. The van der Waals surface area contributed by atoms with Gasteiger partial charge in [-0.25, -0.2) is 0 Å². The molecule has 3 heteroatoms. The second kappa shape index (κ2) is 6.83. The molecule has 1 aliphatic rings. The maximum absolute atomic E-state index is 6.92. The minimum Gasteiger partial charge on any atom is -0.406 e. The fraction of sp³-hybridized carbons (Fsp3) is 0.429. The highest BCUT2D eigenvalue weighted by Crippen LogP contribution is 2.37. The van der Waals surface area contributed by atoms with Crippen LogP contribution in [0.25, 0.3) is 0 Å². The van der Waals surface area contributed by atoms with E-state index in [1.54, 1.807) is 0 Å². The van der Waals surface area contributed by atoms with Crippen LogP contribution in [-0.4, -0.2) is 27.5 Å². The molecular formula is C21H29NOSi. The molecule has 1 heterocycles. The average Bonchev–Trinajstić information content (AvgIpc) is 2.58. The van der Waals surface area contributed by atoms with Crippen molar-refractivity contribution in [2.24, 2.45) is 5.92 Å². The quantitative estimate of drug-likeness (QED) is 0.845. The van der Waals surface area contributed by atoms with Crippen molar-refractivity contribution >= 4 is 18.7 Å². The summed E-state index contributed by atoms with van der Waals surface area (Å²) in [5, 5.41) is 6.29. The number of nitrogens with one attached hydrogen (secondary N) is 1. The van der Waals surface area contributed by atoms with Crippen molar-refractivity contribution in [1.29, 1.82) is 0 Å². The summed E-state index contributed by atoms with van der Waals surface area (Å²) in [5.74, 6) is 0.697. The molecule has 1 saturated heterocycles. The van der Waals surface area contributed by atoms with Gasteiger partial charge in [0.2, 0.25) is 0 Å². The summed E-state index contributed by atoms with van der Waals surface area (Å²) < 4.78 is 6.92. The summed E-state index contributed by atoms with van der Waals surface area (Å²) in [5.41, 5.74) is 0. The van der Waals surface area contributed by atoms with Gasteiger partial charge in [0, 0.05) is 6.04 Å². The van der Waals surface area contributed by atoms with Crippen LogP contribution in [0.3, 0.4) is 0 Å². The molecule has 0 spiro atoms. The van der Waals surface area contributed by atoms with Gasteiger partial charge in [-0.15, -0.1) is 0 Å². The predicted octanol–water partition coefficient (Wildman–Crippen LogP) is 3.17. The second-order valence-corrected chi connectivity index (χ2v) is 12.3. The van der Waals surface area contributed by atoms with E-state index in [0.29, 0.717) is 12.0 Å². The van der Waals surface area contributed by atoms with Gasteiger partial charge < -0.3 is 9.74 Å². The molecule has 1 N–H and O–H groups in total. The third-order valence-corrected chi connectivity index (χ3v) is 10.3. The van der Waals surface area contributed by atoms with Gasteiger partial charge in [0.1, 0.15) is 0 Å². The van der Waals surface area contributed by atoms with Crippen molar-refractivity contribution in [1.82, 2.24) is 5.32 Å². The monoisotopic (exact) mass is 339 g/mol. The molecule has 0 unspecified atom stereocenters. The standard InChI is InChI=1S/C21H29NOSi/c1-17-15-22-20(17)16-23-24(21(2,3)4,18-11-7-5-8-12-18)19-13-9-6-10-14-19/h5-14,17,20,22H,15-16H2,1-4H3/t17-,20-/m1/s1. The first kappa shape index (κ1) is 17.4. The van der Waals surface area contributed by atoms with Crippen molar-refractivity contribution in [2.45, 2.75) is 38.8 Å². The van der Waals surface area contributed by atoms with E-state index in [-0.39, 0.29) is 5.04 Å². The molecule has 1 aliphatic heterocycles. The minimum absolute atomic E-state index is 0.0582. The van der Waals surface area contributed by atoms with Crippen LogP contribution in [0.15, 0.2) is 60.7 Å². The van der Waals surface area contributed by atoms with Crippen LogP contribution in [-0.2, 0) is 4.43 Å². The van der Waals surface area contributed by atoms with E-state index < -0.39 is 8.32 Å². The number of hydrogen-bond acceptors (Lipinski definition) is 2. The molecule has 0 saturated carbocycles. The lowest BCUT2D eigenvalue weighted by Gasteiger charge is -2.45. The molecular weight excluding hydrogens is 310 g/mol. The van der Waals surface area contributed by atoms with Crippen LogP contribution >= 0.6 is 0 Å². The van der Waals surface area contributed by atoms with Crippen LogP contribution in [0.2, 0.25) is 5.04 Å². The Balaban J connectivity index is 2.06. The van der Waals surface area contributed by atoms with Gasteiger partial charge in [-0.2, -0.15) is 0 Å². The fourth-order valence-electron chi connectivity index (χ4n) is 3.72. The normalized spacial score (nSPS) is 21.3. The zero-order valence-corrected chi connectivity index (χ0v) is 16.3. The summed E-state index contributed by atoms with van der Waals surface area (Å²) in [4.78, 5) is 0. The second-order valence-electron chi connectivity index (χ2n) is 7.97. The molecule has 0 amide bonds. The Morgan fingerprint density at radius 3 is 1.79 bits per heavy atom. The van der Waals surface area contributed by atoms with Gasteiger partial charge in [0.15, 0.2) is 0 Å². The van der Waals surface area contributed by atoms with Crippen molar-refractivity contribution < 1.29 is 4.43 Å². The highest BCUT2D eigenvalue weighted by Gasteiger charge is 2.50. The summed E-state index contributed by atoms with van der Waals surface area (Å²) >= 11 is 0. The van der Waals surface area contributed by atoms with Crippen LogP contribution < -0.4 is 15.7 Å². The minimum atomic E-state index is -2.36. The molecule has 2 atom stereocenters. The first-order valence-electron chi connectivity index (χ1n) is 8.93. The van der Waals surface area contributed by atoms with E-state index in [1.165, 1.54) is 10.4 Å². The van der Waals surface area contributed by atoms with Gasteiger partial charge in [-0.1, -0.05) is 88.4 Å². The van der Waals surface area contributed by atoms with Crippen LogP contribution in [0.5, 0.6) is 0 Å². The van der Waals surface area contributed by atoms with Crippen LogP contribution in [0.1, 0.15) is 27.7 Å². The molecule has 0 aromatic heterocycles. The lowest BCUT2D eigenvalue weighted by Crippen LogP contribution is -2.68. The molecule has 0 radical (unpaired) electrons. The van der Waals surface area contributed by atoms with Gasteiger partial charge >= 0.3 is 0 Å². The van der Waals surface area contributed by atoms with E-state index in [0.717, 1.165) is 13.2 Å². The SMILES string of the molecule is C[C@@H]1CN[C@@H]1CO[Si](c1ccccc1)(c1ccccc1)C(C)(C)C. The maximum Gasteiger partial charge on any atom is 0.261 e. The van der Waals surface area contributed by atoms with Crippen molar-refractivity contribution in [3.8, 4) is 0 Å². The van der Waals surface area contributed by atoms with E-state index in [4.69, 9.17) is 4.43 Å². The third kappa shape index (κ3) is 3.08. The molecule has 3 rings (SSSR count). The Morgan fingerprint density at radius 2 is 1.46 bits per heavy atom. The average molecular weight is 340 g/mol. The Labute approximate surface area is 147 Å². The van der Waals surface area contributed by atoms with Crippen molar-refractivity contribution in [3.63, 3.8) is 0 Å². The first-order chi connectivity index (χ1) is 11.4. The van der Waals surface area contributed by atoms with E-state index in [2.05, 4.69) is 93.7 Å². The Bertz CT molecular complexity index is 611. The highest BCUT2D eigenvalue weighted by molar-refractivity contribution is 6.99. The molecule has 128 valence electrons. The van der Waals surface area contributed by atoms with E-state index >= 15 is 0 Å². The molecule has 2 nitrogen and oxygen atoms in total. The van der Waals surface area contributed by atoms with Gasteiger partial charge in [0.05, 0.1) is 6.61 Å². The topological polar surface area (TPSA) is 21.3 Å². The molecule has 2 aromatic rings. The molecule has 0 aliphatic carbocycles. The largest absolute Gasteiger partial charge is 0.406 e. The summed E-state index contributed by atoms with van der Waals surface area (Å²) in [6.45, 7) is 11.2. The Morgan fingerprint density at radius 1 is 0.958 bits per heavy atom. The highest BCUT2D eigenvalue weighted by atomic mass is 28.4. The summed E-state index contributed by atoms with van der Waals surface area (Å²) in [6.07, 6.45) is 0. The first-order valence-corrected chi connectivity index (χ1v) is 10.8. The number of benzene rings is 2. The number of hydrogen-bond donors (Lipinski definition) is 1. The smallest absolute Gasteiger partial charge is 0.261 e. The number of rotatable bonds is 5. The van der Waals surface area contributed by atoms with Gasteiger partial charge in [0.25, 0.3) is 8.32 Å². The zero-order valence-electron chi connectivity index (χ0n) is 15.3. The Kier molecular flexibility index (Phi) is 4.95. The summed E-state index contributed by atoms with van der Waals surface area (Å²) in [6, 6.07) is 22.2. The maximum atomic E-state index is 6.92. The third-order valence-electron chi connectivity index (χ3n) is 5.29. The van der Waals surface area contributed by atoms with Crippen molar-refractivity contribution in [2.75, 3.05) is 13.2 Å². The molecule has 1 fully saturated rings. The van der Waals surface area contributed by atoms with Crippen LogP contribution in [0.4, 0.5) is 0 Å². The van der Waals surface area contributed by atoms with E-state index in [1.807, 2.05) is 0 Å². The van der Waals surface area contributed by atoms with Gasteiger partial charge in [-0.05, 0) is 27.9 Å². The summed E-state index contributed by atoms with van der Waals surface area (Å²) in [7, 11) is -2.36. The van der Waals surface area contributed by atoms with Crippen molar-refractivity contribution in [3.05, 3.63) is 60.7 Å². The lowest BCUT2D eigenvalue weighted by atomic mass is 9.95.